The van der Waals surface area contributed by atoms with E-state index in [4.69, 9.17) is 0 Å². The van der Waals surface area contributed by atoms with Crippen molar-refractivity contribution in [3.05, 3.63) is 30.1 Å². The first-order valence-electron chi connectivity index (χ1n) is 8.06. The van der Waals surface area contributed by atoms with Crippen molar-refractivity contribution in [2.45, 2.75) is 25.0 Å². The third kappa shape index (κ3) is 3.63. The summed E-state index contributed by atoms with van der Waals surface area (Å²) in [5, 5.41) is 13.2. The molecule has 1 aromatic rings. The van der Waals surface area contributed by atoms with Gasteiger partial charge in [0.2, 0.25) is 0 Å². The Morgan fingerprint density at radius 2 is 2.14 bits per heavy atom. The van der Waals surface area contributed by atoms with Crippen LogP contribution in [0.5, 0.6) is 0 Å². The summed E-state index contributed by atoms with van der Waals surface area (Å²) in [4.78, 5) is 20.7. The molecule has 1 atom stereocenters. The number of nitrogens with one attached hydrogen (secondary N) is 1. The molecule has 2 aliphatic heterocycles. The Balaban J connectivity index is 1.55. The van der Waals surface area contributed by atoms with Crippen molar-refractivity contribution in [3.63, 3.8) is 0 Å². The molecule has 3 heterocycles. The van der Waals surface area contributed by atoms with Crippen molar-refractivity contribution in [1.29, 1.82) is 0 Å². The molecule has 0 saturated carbocycles. The number of carbonyl (C=O) groups is 1. The van der Waals surface area contributed by atoms with Crippen molar-refractivity contribution >= 4 is 5.91 Å². The van der Waals surface area contributed by atoms with Gasteiger partial charge in [0.05, 0.1) is 11.7 Å². The van der Waals surface area contributed by atoms with Crippen LogP contribution in [0.4, 0.5) is 0 Å². The second-order valence-electron chi connectivity index (χ2n) is 6.12. The highest BCUT2D eigenvalue weighted by molar-refractivity contribution is 5.93. The summed E-state index contributed by atoms with van der Waals surface area (Å²) in [5.41, 5.74) is 0.662. The van der Waals surface area contributed by atoms with Crippen LogP contribution in [0.2, 0.25) is 0 Å². The van der Waals surface area contributed by atoms with Gasteiger partial charge in [0.25, 0.3) is 5.91 Å². The number of amides is 1. The highest BCUT2D eigenvalue weighted by Gasteiger charge is 2.29. The summed E-state index contributed by atoms with van der Waals surface area (Å²) in [6.45, 7) is 4.85. The van der Waals surface area contributed by atoms with E-state index < -0.39 is 0 Å². The Labute approximate surface area is 131 Å². The molecule has 0 bridgehead atoms. The minimum Gasteiger partial charge on any atom is -0.390 e. The van der Waals surface area contributed by atoms with Gasteiger partial charge in [0.1, 0.15) is 0 Å². The van der Waals surface area contributed by atoms with Gasteiger partial charge in [-0.1, -0.05) is 0 Å². The van der Waals surface area contributed by atoms with Crippen LogP contribution in [0.15, 0.2) is 24.5 Å². The third-order valence-electron chi connectivity index (χ3n) is 4.58. The fourth-order valence-corrected chi connectivity index (χ4v) is 3.36. The molecule has 2 fully saturated rings. The van der Waals surface area contributed by atoms with E-state index in [0.717, 1.165) is 45.6 Å². The van der Waals surface area contributed by atoms with E-state index in [-0.39, 0.29) is 12.0 Å². The second-order valence-corrected chi connectivity index (χ2v) is 6.12. The Bertz CT molecular complexity index is 488. The maximum Gasteiger partial charge on any atom is 0.255 e. The topological polar surface area (TPSA) is 68.7 Å². The van der Waals surface area contributed by atoms with E-state index in [2.05, 4.69) is 15.2 Å². The molecule has 0 radical (unpaired) electrons. The fourth-order valence-electron chi connectivity index (χ4n) is 3.36. The molecule has 0 aromatic carbocycles. The van der Waals surface area contributed by atoms with E-state index in [0.29, 0.717) is 18.2 Å². The monoisotopic (exact) mass is 304 g/mol. The van der Waals surface area contributed by atoms with Gasteiger partial charge in [-0.15, -0.1) is 0 Å². The van der Waals surface area contributed by atoms with Crippen LogP contribution in [0.1, 0.15) is 23.2 Å². The van der Waals surface area contributed by atoms with Gasteiger partial charge >= 0.3 is 0 Å². The quantitative estimate of drug-likeness (QED) is 0.802. The first-order chi connectivity index (χ1) is 10.7. The second kappa shape index (κ2) is 7.17. The summed E-state index contributed by atoms with van der Waals surface area (Å²) in [6, 6.07) is 4.08. The minimum absolute atomic E-state index is 0.0733. The van der Waals surface area contributed by atoms with Gasteiger partial charge in [0.15, 0.2) is 0 Å². The number of pyridine rings is 1. The molecule has 2 N–H and O–H groups in total. The molecule has 3 rings (SSSR count). The summed E-state index contributed by atoms with van der Waals surface area (Å²) >= 11 is 0. The molecule has 0 spiro atoms. The number of aromatic nitrogens is 1. The maximum absolute atomic E-state index is 12.4. The lowest BCUT2D eigenvalue weighted by atomic mass is 10.0. The molecule has 2 saturated heterocycles. The van der Waals surface area contributed by atoms with Crippen LogP contribution in [0.25, 0.3) is 0 Å². The molecule has 22 heavy (non-hydrogen) atoms. The predicted molar refractivity (Wildman–Crippen MR) is 83.6 cm³/mol. The molecule has 120 valence electrons. The van der Waals surface area contributed by atoms with Crippen LogP contribution in [-0.4, -0.2) is 77.2 Å². The number of aliphatic hydroxyl groups excluding tert-OH is 1. The van der Waals surface area contributed by atoms with Gasteiger partial charge in [-0.05, 0) is 25.0 Å². The number of β-amino-alcohol motifs (C(OH)–C–C–N with tert-alkyl or cyclic N) is 1. The number of hydrogen-bond acceptors (Lipinski definition) is 5. The zero-order valence-corrected chi connectivity index (χ0v) is 12.8. The van der Waals surface area contributed by atoms with Crippen LogP contribution < -0.4 is 5.32 Å². The molecule has 0 aliphatic carbocycles. The SMILES string of the molecule is O=C(c1cccnc1)N1CCC(N2CCNC[C@H](O)C2)CC1. The van der Waals surface area contributed by atoms with Crippen LogP contribution in [0, 0.1) is 0 Å². The third-order valence-corrected chi connectivity index (χ3v) is 4.58. The van der Waals surface area contributed by atoms with Crippen molar-refractivity contribution in [1.82, 2.24) is 20.1 Å². The number of hydrogen-bond donors (Lipinski definition) is 2. The van der Waals surface area contributed by atoms with Crippen LogP contribution in [-0.2, 0) is 0 Å². The molecule has 2 aliphatic rings. The number of aliphatic hydroxyl groups is 1. The number of likely N-dealkylation sites (tertiary alicyclic amines) is 1. The van der Waals surface area contributed by atoms with Crippen molar-refractivity contribution in [2.75, 3.05) is 39.3 Å². The highest BCUT2D eigenvalue weighted by atomic mass is 16.3. The smallest absolute Gasteiger partial charge is 0.255 e. The Kier molecular flexibility index (Phi) is 5.02. The van der Waals surface area contributed by atoms with E-state index in [1.54, 1.807) is 18.5 Å². The van der Waals surface area contributed by atoms with Crippen LogP contribution >= 0.6 is 0 Å². The van der Waals surface area contributed by atoms with Gasteiger partial charge in [-0.2, -0.15) is 0 Å². The van der Waals surface area contributed by atoms with Gasteiger partial charge < -0.3 is 15.3 Å². The van der Waals surface area contributed by atoms with E-state index in [9.17, 15) is 9.90 Å². The molecule has 1 aromatic heterocycles. The fraction of sp³-hybridized carbons (Fsp3) is 0.625. The maximum atomic E-state index is 12.4. The summed E-state index contributed by atoms with van der Waals surface area (Å²) in [7, 11) is 0. The van der Waals surface area contributed by atoms with Crippen molar-refractivity contribution in [2.24, 2.45) is 0 Å². The average molecular weight is 304 g/mol. The normalized spacial score (nSPS) is 25.0. The van der Waals surface area contributed by atoms with E-state index >= 15 is 0 Å². The van der Waals surface area contributed by atoms with Crippen LogP contribution in [0.3, 0.4) is 0 Å². The number of piperidine rings is 1. The first kappa shape index (κ1) is 15.4. The largest absolute Gasteiger partial charge is 0.390 e. The first-order valence-corrected chi connectivity index (χ1v) is 8.06. The van der Waals surface area contributed by atoms with Crippen molar-refractivity contribution in [3.8, 4) is 0 Å². The highest BCUT2D eigenvalue weighted by Crippen LogP contribution is 2.19. The summed E-state index contributed by atoms with van der Waals surface area (Å²) in [5.74, 6) is 0.0733. The van der Waals surface area contributed by atoms with Gasteiger partial charge in [-0.3, -0.25) is 14.7 Å². The van der Waals surface area contributed by atoms with E-state index in [1.807, 2.05) is 11.0 Å². The zero-order chi connectivity index (χ0) is 15.4. The zero-order valence-electron chi connectivity index (χ0n) is 12.8. The number of rotatable bonds is 2. The average Bonchev–Trinajstić information content (AvgIpc) is 2.80. The molecule has 6 heteroatoms. The van der Waals surface area contributed by atoms with Crippen molar-refractivity contribution < 1.29 is 9.90 Å². The Morgan fingerprint density at radius 3 is 2.86 bits per heavy atom. The lowest BCUT2D eigenvalue weighted by molar-refractivity contribution is 0.0539. The minimum atomic E-state index is -0.294. The molecule has 6 nitrogen and oxygen atoms in total. The molecule has 0 unspecified atom stereocenters. The lowest BCUT2D eigenvalue weighted by Gasteiger charge is -2.38. The van der Waals surface area contributed by atoms with Gasteiger partial charge in [0, 0.05) is 57.7 Å². The number of carbonyl (C=O) groups excluding carboxylic acids is 1. The summed E-state index contributed by atoms with van der Waals surface area (Å²) in [6.07, 6.45) is 4.96. The van der Waals surface area contributed by atoms with E-state index in [1.165, 1.54) is 0 Å². The molecule has 1 amide bonds. The summed E-state index contributed by atoms with van der Waals surface area (Å²) < 4.78 is 0. The number of nitrogens with zero attached hydrogens (tertiary/aromatic N) is 3. The predicted octanol–water partition coefficient (Wildman–Crippen LogP) is -0.0477. The Morgan fingerprint density at radius 1 is 1.32 bits per heavy atom. The molecular weight excluding hydrogens is 280 g/mol. The lowest BCUT2D eigenvalue weighted by Crippen LogP contribution is -2.48. The standard InChI is InChI=1S/C16H24N4O2/c21-15-11-18-6-9-20(12-15)14-3-7-19(8-4-14)16(22)13-2-1-5-17-10-13/h1-2,5,10,14-15,18,21H,3-4,6-9,11-12H2/t15-/m0/s1. The molecular formula is C16H24N4O2. The Hall–Kier alpha value is -1.50. The van der Waals surface area contributed by atoms with Gasteiger partial charge in [-0.25, -0.2) is 0 Å².